The minimum atomic E-state index is -0.287. The Morgan fingerprint density at radius 3 is 3.18 bits per heavy atom. The molecule has 0 spiro atoms. The van der Waals surface area contributed by atoms with Gasteiger partial charge in [0.15, 0.2) is 5.82 Å². The molecule has 0 saturated carbocycles. The fraction of sp³-hybridized carbons (Fsp3) is 0.636. The fourth-order valence-corrected chi connectivity index (χ4v) is 2.44. The molecule has 0 bridgehead atoms. The molecule has 1 unspecified atom stereocenters. The lowest BCUT2D eigenvalue weighted by atomic mass is 9.99. The second kappa shape index (κ2) is 5.51. The second-order valence-electron chi connectivity index (χ2n) is 4.46. The normalized spacial score (nSPS) is 20.2. The van der Waals surface area contributed by atoms with Crippen molar-refractivity contribution >= 4 is 17.4 Å². The molecule has 2 rings (SSSR count). The van der Waals surface area contributed by atoms with E-state index in [1.54, 1.807) is 0 Å². The summed E-state index contributed by atoms with van der Waals surface area (Å²) in [6, 6.07) is 0. The monoisotopic (exact) mass is 256 g/mol. The van der Waals surface area contributed by atoms with Gasteiger partial charge in [-0.1, -0.05) is 11.6 Å². The number of H-pyrrole nitrogens is 1. The van der Waals surface area contributed by atoms with Crippen LogP contribution < -0.4 is 15.8 Å². The molecule has 5 nitrogen and oxygen atoms in total. The van der Waals surface area contributed by atoms with Gasteiger partial charge in [0, 0.05) is 13.6 Å². The van der Waals surface area contributed by atoms with E-state index < -0.39 is 0 Å². The summed E-state index contributed by atoms with van der Waals surface area (Å²) in [4.78, 5) is 19.9. The Hall–Kier alpha value is -1.07. The molecule has 1 aromatic heterocycles. The van der Waals surface area contributed by atoms with E-state index in [9.17, 15) is 4.79 Å². The van der Waals surface area contributed by atoms with Crippen LogP contribution in [0.3, 0.4) is 0 Å². The Labute approximate surface area is 105 Å². The van der Waals surface area contributed by atoms with Gasteiger partial charge in [-0.3, -0.25) is 4.79 Å². The molecular weight excluding hydrogens is 240 g/mol. The zero-order valence-corrected chi connectivity index (χ0v) is 10.6. The fourth-order valence-electron chi connectivity index (χ4n) is 2.19. The molecule has 6 heteroatoms. The zero-order chi connectivity index (χ0) is 12.3. The van der Waals surface area contributed by atoms with Gasteiger partial charge in [0.2, 0.25) is 0 Å². The molecule has 1 aromatic rings. The first kappa shape index (κ1) is 12.4. The van der Waals surface area contributed by atoms with E-state index in [0.717, 1.165) is 19.6 Å². The van der Waals surface area contributed by atoms with Gasteiger partial charge in [0.05, 0.1) is 6.33 Å². The van der Waals surface area contributed by atoms with Crippen LogP contribution in [-0.4, -0.2) is 36.6 Å². The van der Waals surface area contributed by atoms with Gasteiger partial charge in [0.1, 0.15) is 5.02 Å². The summed E-state index contributed by atoms with van der Waals surface area (Å²) in [5, 5.41) is 3.54. The third-order valence-electron chi connectivity index (χ3n) is 3.07. The number of anilines is 1. The summed E-state index contributed by atoms with van der Waals surface area (Å²) in [5.74, 6) is 1.15. The molecule has 0 amide bonds. The number of aromatic nitrogens is 2. The molecule has 1 fully saturated rings. The summed E-state index contributed by atoms with van der Waals surface area (Å²) in [7, 11) is 1.92. The topological polar surface area (TPSA) is 61.0 Å². The number of halogens is 1. The lowest BCUT2D eigenvalue weighted by Gasteiger charge is -2.28. The molecule has 17 heavy (non-hydrogen) atoms. The van der Waals surface area contributed by atoms with Crippen LogP contribution in [0.15, 0.2) is 11.1 Å². The van der Waals surface area contributed by atoms with Gasteiger partial charge in [-0.05, 0) is 31.8 Å². The molecule has 94 valence electrons. The first-order valence-electron chi connectivity index (χ1n) is 5.83. The van der Waals surface area contributed by atoms with Crippen molar-refractivity contribution in [3.8, 4) is 0 Å². The number of nitrogens with one attached hydrogen (secondary N) is 2. The Balaban J connectivity index is 2.06. The van der Waals surface area contributed by atoms with Gasteiger partial charge >= 0.3 is 0 Å². The Morgan fingerprint density at radius 1 is 1.65 bits per heavy atom. The SMILES string of the molecule is CN(CC1CCCNC1)c1nc[nH]c(=O)c1Cl. The third-order valence-corrected chi connectivity index (χ3v) is 3.41. The van der Waals surface area contributed by atoms with Gasteiger partial charge < -0.3 is 15.2 Å². The van der Waals surface area contributed by atoms with E-state index in [1.165, 1.54) is 19.2 Å². The van der Waals surface area contributed by atoms with Gasteiger partial charge in [0.25, 0.3) is 5.56 Å². The average Bonchev–Trinajstić information content (AvgIpc) is 2.34. The van der Waals surface area contributed by atoms with E-state index in [0.29, 0.717) is 11.7 Å². The van der Waals surface area contributed by atoms with Crippen molar-refractivity contribution in [1.29, 1.82) is 0 Å². The largest absolute Gasteiger partial charge is 0.358 e. The predicted molar refractivity (Wildman–Crippen MR) is 68.7 cm³/mol. The minimum absolute atomic E-state index is 0.166. The highest BCUT2D eigenvalue weighted by atomic mass is 35.5. The number of hydrogen-bond donors (Lipinski definition) is 2. The quantitative estimate of drug-likeness (QED) is 0.842. The lowest BCUT2D eigenvalue weighted by Crippen LogP contribution is -2.37. The number of hydrogen-bond acceptors (Lipinski definition) is 4. The first-order chi connectivity index (χ1) is 8.18. The molecule has 1 aliphatic rings. The Kier molecular flexibility index (Phi) is 4.02. The van der Waals surface area contributed by atoms with Crippen LogP contribution in [0.2, 0.25) is 5.02 Å². The summed E-state index contributed by atoms with van der Waals surface area (Å²) in [5.41, 5.74) is -0.287. The molecule has 1 aliphatic heterocycles. The molecule has 1 saturated heterocycles. The third kappa shape index (κ3) is 2.98. The molecule has 2 heterocycles. The van der Waals surface area contributed by atoms with Crippen molar-refractivity contribution in [3.05, 3.63) is 21.7 Å². The van der Waals surface area contributed by atoms with Gasteiger partial charge in [-0.25, -0.2) is 4.98 Å². The number of aromatic amines is 1. The maximum Gasteiger partial charge on any atom is 0.271 e. The second-order valence-corrected chi connectivity index (χ2v) is 4.84. The van der Waals surface area contributed by atoms with Crippen molar-refractivity contribution in [1.82, 2.24) is 15.3 Å². The van der Waals surface area contributed by atoms with E-state index in [4.69, 9.17) is 11.6 Å². The lowest BCUT2D eigenvalue weighted by molar-refractivity contribution is 0.380. The van der Waals surface area contributed by atoms with E-state index in [1.807, 2.05) is 11.9 Å². The molecule has 0 radical (unpaired) electrons. The summed E-state index contributed by atoms with van der Waals surface area (Å²) in [6.07, 6.45) is 3.80. The molecule has 0 aromatic carbocycles. The number of piperidine rings is 1. The standard InChI is InChI=1S/C11H17ClN4O/c1-16(6-8-3-2-4-13-5-8)10-9(12)11(17)15-7-14-10/h7-8,13H,2-6H2,1H3,(H,14,15,17). The number of nitrogens with zero attached hydrogens (tertiary/aromatic N) is 2. The van der Waals surface area contributed by atoms with Crippen molar-refractivity contribution < 1.29 is 0 Å². The maximum absolute atomic E-state index is 11.4. The van der Waals surface area contributed by atoms with E-state index >= 15 is 0 Å². The van der Waals surface area contributed by atoms with E-state index in [-0.39, 0.29) is 10.6 Å². The highest BCUT2D eigenvalue weighted by molar-refractivity contribution is 6.32. The zero-order valence-electron chi connectivity index (χ0n) is 9.87. The van der Waals surface area contributed by atoms with Gasteiger partial charge in [-0.15, -0.1) is 0 Å². The van der Waals surface area contributed by atoms with E-state index in [2.05, 4.69) is 15.3 Å². The van der Waals surface area contributed by atoms with Gasteiger partial charge in [-0.2, -0.15) is 0 Å². The Morgan fingerprint density at radius 2 is 2.47 bits per heavy atom. The van der Waals surface area contributed by atoms with Crippen LogP contribution >= 0.6 is 11.6 Å². The van der Waals surface area contributed by atoms with Crippen LogP contribution in [0, 0.1) is 5.92 Å². The minimum Gasteiger partial charge on any atom is -0.358 e. The number of rotatable bonds is 3. The van der Waals surface area contributed by atoms with Crippen molar-refractivity contribution in [2.75, 3.05) is 31.6 Å². The van der Waals surface area contributed by atoms with Crippen molar-refractivity contribution in [2.24, 2.45) is 5.92 Å². The van der Waals surface area contributed by atoms with Crippen LogP contribution in [-0.2, 0) is 0 Å². The predicted octanol–water partition coefficient (Wildman–Crippen LogP) is 0.859. The first-order valence-corrected chi connectivity index (χ1v) is 6.21. The van der Waals surface area contributed by atoms with Crippen LogP contribution in [0.25, 0.3) is 0 Å². The molecular formula is C11H17ClN4O. The summed E-state index contributed by atoms with van der Waals surface area (Å²) in [6.45, 7) is 2.98. The van der Waals surface area contributed by atoms with Crippen molar-refractivity contribution in [2.45, 2.75) is 12.8 Å². The highest BCUT2D eigenvalue weighted by Gasteiger charge is 2.18. The molecule has 0 aliphatic carbocycles. The van der Waals surface area contributed by atoms with Crippen molar-refractivity contribution in [3.63, 3.8) is 0 Å². The van der Waals surface area contributed by atoms with Crippen LogP contribution in [0.4, 0.5) is 5.82 Å². The molecule has 1 atom stereocenters. The average molecular weight is 257 g/mol. The summed E-state index contributed by atoms with van der Waals surface area (Å²) < 4.78 is 0. The highest BCUT2D eigenvalue weighted by Crippen LogP contribution is 2.19. The van der Waals surface area contributed by atoms with Crippen LogP contribution in [0.1, 0.15) is 12.8 Å². The summed E-state index contributed by atoms with van der Waals surface area (Å²) >= 11 is 5.94. The smallest absolute Gasteiger partial charge is 0.271 e. The maximum atomic E-state index is 11.4. The van der Waals surface area contributed by atoms with Crippen LogP contribution in [0.5, 0.6) is 0 Å². The Bertz CT molecular complexity index is 428. The molecule has 2 N–H and O–H groups in total.